The van der Waals surface area contributed by atoms with E-state index in [-0.39, 0.29) is 23.7 Å². The van der Waals surface area contributed by atoms with Crippen molar-refractivity contribution in [2.24, 2.45) is 0 Å². The Morgan fingerprint density at radius 1 is 1.12 bits per heavy atom. The largest absolute Gasteiger partial charge is 0.490 e. The van der Waals surface area contributed by atoms with Crippen molar-refractivity contribution in [2.45, 2.75) is 26.9 Å². The van der Waals surface area contributed by atoms with Gasteiger partial charge in [0.15, 0.2) is 17.6 Å². The zero-order valence-corrected chi connectivity index (χ0v) is 17.7. The lowest BCUT2D eigenvalue weighted by Crippen LogP contribution is -2.54. The fraction of sp³-hybridized carbons (Fsp3) is 0.217. The number of hydrogen-bond donors (Lipinski definition) is 2. The highest BCUT2D eigenvalue weighted by molar-refractivity contribution is 6.39. The number of carbonyl (C=O) groups excluding carboxylic acids is 3. The first kappa shape index (κ1) is 22.5. The molecule has 0 saturated carbocycles. The number of anilines is 1. The number of benzene rings is 2. The highest BCUT2D eigenvalue weighted by Gasteiger charge is 2.36. The van der Waals surface area contributed by atoms with Crippen LogP contribution in [-0.2, 0) is 14.4 Å². The lowest BCUT2D eigenvalue weighted by atomic mass is 10.1. The molecule has 32 heavy (non-hydrogen) atoms. The molecule has 0 aliphatic carbocycles. The van der Waals surface area contributed by atoms with Gasteiger partial charge in [0.05, 0.1) is 12.3 Å². The van der Waals surface area contributed by atoms with Gasteiger partial charge in [-0.05, 0) is 56.7 Å². The number of imide groups is 2. The first-order chi connectivity index (χ1) is 15.2. The van der Waals surface area contributed by atoms with Crippen LogP contribution in [0.15, 0.2) is 48.0 Å². The Kier molecular flexibility index (Phi) is 6.58. The van der Waals surface area contributed by atoms with Crippen LogP contribution in [0.4, 0.5) is 10.5 Å². The van der Waals surface area contributed by atoms with Crippen LogP contribution in [0.5, 0.6) is 11.5 Å². The maximum atomic E-state index is 13.0. The number of aliphatic carboxylic acids is 1. The van der Waals surface area contributed by atoms with E-state index in [1.165, 1.54) is 25.1 Å². The van der Waals surface area contributed by atoms with Gasteiger partial charge in [0.2, 0.25) is 0 Å². The van der Waals surface area contributed by atoms with Crippen molar-refractivity contribution < 1.29 is 33.8 Å². The molecule has 4 amide bonds. The predicted molar refractivity (Wildman–Crippen MR) is 116 cm³/mol. The van der Waals surface area contributed by atoms with Crippen LogP contribution in [0.2, 0.25) is 0 Å². The molecule has 0 radical (unpaired) electrons. The number of nitrogens with one attached hydrogen (secondary N) is 1. The number of carboxylic acids is 1. The van der Waals surface area contributed by atoms with Crippen LogP contribution in [0, 0.1) is 6.92 Å². The molecule has 9 nitrogen and oxygen atoms in total. The summed E-state index contributed by atoms with van der Waals surface area (Å²) in [4.78, 5) is 49.6. The lowest BCUT2D eigenvalue weighted by Gasteiger charge is -2.26. The van der Waals surface area contributed by atoms with E-state index in [1.54, 1.807) is 37.3 Å². The quantitative estimate of drug-likeness (QED) is 0.503. The molecule has 2 aromatic rings. The molecule has 9 heteroatoms. The summed E-state index contributed by atoms with van der Waals surface area (Å²) in [5.41, 5.74) is 1.48. The number of nitrogens with zero attached hydrogens (tertiary/aromatic N) is 1. The highest BCUT2D eigenvalue weighted by Crippen LogP contribution is 2.31. The molecule has 1 aliphatic rings. The molecule has 3 rings (SSSR count). The number of hydrogen-bond acceptors (Lipinski definition) is 6. The van der Waals surface area contributed by atoms with E-state index in [0.717, 1.165) is 10.5 Å². The average Bonchev–Trinajstić information content (AvgIpc) is 2.74. The molecule has 1 atom stereocenters. The number of carboxylic acid groups (broad SMARTS) is 1. The number of aryl methyl sites for hydroxylation is 1. The SMILES string of the molecule is CCOc1cc(/C=C2\C(=O)NC(=O)N(c3ccc(C)cc3)C2=O)ccc1O[C@@H](C)C(=O)O. The van der Waals surface area contributed by atoms with Crippen molar-refractivity contribution in [3.05, 3.63) is 59.2 Å². The predicted octanol–water partition coefficient (Wildman–Crippen LogP) is 2.91. The van der Waals surface area contributed by atoms with Gasteiger partial charge in [0, 0.05) is 0 Å². The summed E-state index contributed by atoms with van der Waals surface area (Å²) in [7, 11) is 0. The van der Waals surface area contributed by atoms with Crippen molar-refractivity contribution in [2.75, 3.05) is 11.5 Å². The normalized spacial score (nSPS) is 16.0. The molecular formula is C23H22N2O7. The Morgan fingerprint density at radius 2 is 1.81 bits per heavy atom. The third kappa shape index (κ3) is 4.77. The van der Waals surface area contributed by atoms with E-state index in [2.05, 4.69) is 5.32 Å². The van der Waals surface area contributed by atoms with E-state index >= 15 is 0 Å². The molecule has 0 aromatic heterocycles. The number of ether oxygens (including phenoxy) is 2. The van der Waals surface area contributed by atoms with Gasteiger partial charge >= 0.3 is 12.0 Å². The van der Waals surface area contributed by atoms with Gasteiger partial charge in [0.25, 0.3) is 11.8 Å². The molecule has 1 fully saturated rings. The Labute approximate surface area is 184 Å². The van der Waals surface area contributed by atoms with Crippen LogP contribution in [-0.4, -0.2) is 41.6 Å². The summed E-state index contributed by atoms with van der Waals surface area (Å²) in [6, 6.07) is 10.5. The van der Waals surface area contributed by atoms with Gasteiger partial charge in [-0.2, -0.15) is 0 Å². The Balaban J connectivity index is 1.96. The Hall–Kier alpha value is -4.14. The molecule has 0 unspecified atom stereocenters. The summed E-state index contributed by atoms with van der Waals surface area (Å²) < 4.78 is 10.9. The smallest absolute Gasteiger partial charge is 0.344 e. The fourth-order valence-electron chi connectivity index (χ4n) is 2.97. The summed E-state index contributed by atoms with van der Waals surface area (Å²) in [6.45, 7) is 5.29. The van der Waals surface area contributed by atoms with Crippen molar-refractivity contribution in [1.82, 2.24) is 5.32 Å². The topological polar surface area (TPSA) is 122 Å². The van der Waals surface area contributed by atoms with Gasteiger partial charge in [0.1, 0.15) is 5.57 Å². The van der Waals surface area contributed by atoms with E-state index in [9.17, 15) is 19.2 Å². The molecule has 2 aromatic carbocycles. The minimum Gasteiger partial charge on any atom is -0.490 e. The summed E-state index contributed by atoms with van der Waals surface area (Å²) in [6.07, 6.45) is 0.233. The van der Waals surface area contributed by atoms with Gasteiger partial charge in [-0.15, -0.1) is 0 Å². The average molecular weight is 438 g/mol. The minimum absolute atomic E-state index is 0.208. The summed E-state index contributed by atoms with van der Waals surface area (Å²) >= 11 is 0. The third-order valence-corrected chi connectivity index (χ3v) is 4.62. The highest BCUT2D eigenvalue weighted by atomic mass is 16.5. The zero-order valence-electron chi connectivity index (χ0n) is 17.7. The third-order valence-electron chi connectivity index (χ3n) is 4.62. The van der Waals surface area contributed by atoms with Crippen molar-refractivity contribution in [1.29, 1.82) is 0 Å². The second-order valence-corrected chi connectivity index (χ2v) is 7.03. The minimum atomic E-state index is -1.14. The van der Waals surface area contributed by atoms with Gasteiger partial charge in [-0.25, -0.2) is 14.5 Å². The van der Waals surface area contributed by atoms with Crippen molar-refractivity contribution in [3.8, 4) is 11.5 Å². The molecule has 1 heterocycles. The summed E-state index contributed by atoms with van der Waals surface area (Å²) in [5.74, 6) is -2.25. The van der Waals surface area contributed by atoms with Gasteiger partial charge in [-0.1, -0.05) is 23.8 Å². The molecule has 1 aliphatic heterocycles. The fourth-order valence-corrected chi connectivity index (χ4v) is 2.97. The summed E-state index contributed by atoms with van der Waals surface area (Å²) in [5, 5.41) is 11.2. The molecule has 166 valence electrons. The maximum absolute atomic E-state index is 13.0. The Morgan fingerprint density at radius 3 is 2.44 bits per heavy atom. The standard InChI is InChI=1S/C23H22N2O7/c1-4-31-19-12-15(7-10-18(19)32-14(3)22(28)29)11-17-20(26)24-23(30)25(21(17)27)16-8-5-13(2)6-9-16/h5-12,14H,4H2,1-3H3,(H,28,29)(H,24,26,30)/b17-11+/t14-/m0/s1. The van der Waals surface area contributed by atoms with Crippen LogP contribution >= 0.6 is 0 Å². The van der Waals surface area contributed by atoms with E-state index in [0.29, 0.717) is 11.3 Å². The lowest BCUT2D eigenvalue weighted by molar-refractivity contribution is -0.144. The number of carbonyl (C=O) groups is 4. The van der Waals surface area contributed by atoms with Crippen LogP contribution in [0.1, 0.15) is 25.0 Å². The second kappa shape index (κ2) is 9.34. The van der Waals surface area contributed by atoms with Crippen LogP contribution < -0.4 is 19.7 Å². The van der Waals surface area contributed by atoms with Gasteiger partial charge in [-0.3, -0.25) is 14.9 Å². The van der Waals surface area contributed by atoms with Gasteiger partial charge < -0.3 is 14.6 Å². The number of rotatable bonds is 7. The molecule has 2 N–H and O–H groups in total. The number of amides is 4. The zero-order chi connectivity index (χ0) is 23.4. The second-order valence-electron chi connectivity index (χ2n) is 7.03. The van der Waals surface area contributed by atoms with Crippen LogP contribution in [0.25, 0.3) is 6.08 Å². The monoisotopic (exact) mass is 438 g/mol. The van der Waals surface area contributed by atoms with Crippen LogP contribution in [0.3, 0.4) is 0 Å². The first-order valence-electron chi connectivity index (χ1n) is 9.85. The molecule has 0 spiro atoms. The van der Waals surface area contributed by atoms with E-state index in [1.807, 2.05) is 6.92 Å². The van der Waals surface area contributed by atoms with E-state index in [4.69, 9.17) is 14.6 Å². The molecular weight excluding hydrogens is 416 g/mol. The first-order valence-corrected chi connectivity index (χ1v) is 9.85. The molecule has 1 saturated heterocycles. The van der Waals surface area contributed by atoms with E-state index < -0.39 is 29.9 Å². The van der Waals surface area contributed by atoms with Crippen molar-refractivity contribution in [3.63, 3.8) is 0 Å². The van der Waals surface area contributed by atoms with Crippen molar-refractivity contribution >= 4 is 35.6 Å². The number of barbiturate groups is 1. The molecule has 0 bridgehead atoms. The number of urea groups is 1. The maximum Gasteiger partial charge on any atom is 0.344 e. The Bertz CT molecular complexity index is 1110.